The average molecular weight is 461 g/mol. The summed E-state index contributed by atoms with van der Waals surface area (Å²) in [6, 6.07) is 6.22. The molecule has 2 aromatic heterocycles. The van der Waals surface area contributed by atoms with Gasteiger partial charge in [-0.05, 0) is 32.4 Å². The Morgan fingerprint density at radius 1 is 1.34 bits per heavy atom. The van der Waals surface area contributed by atoms with E-state index in [1.165, 1.54) is 7.11 Å². The van der Waals surface area contributed by atoms with Gasteiger partial charge in [-0.2, -0.15) is 5.10 Å². The SMILES string of the molecule is COC(=O)C[C@@H](c1oc2ccccc2c(=O)c1O)c1c(C)nn([C@H]2CCS(=O)(=O)C2)c1C. The van der Waals surface area contributed by atoms with Crippen LogP contribution >= 0.6 is 0 Å². The van der Waals surface area contributed by atoms with Crippen LogP contribution in [0.4, 0.5) is 0 Å². The lowest BCUT2D eigenvalue weighted by molar-refractivity contribution is -0.140. The Hall–Kier alpha value is -3.14. The smallest absolute Gasteiger partial charge is 0.306 e. The van der Waals surface area contributed by atoms with E-state index in [9.17, 15) is 23.1 Å². The first kappa shape index (κ1) is 22.1. The van der Waals surface area contributed by atoms with Crippen LogP contribution in [0.25, 0.3) is 11.0 Å². The maximum Gasteiger partial charge on any atom is 0.306 e. The molecule has 1 N–H and O–H groups in total. The van der Waals surface area contributed by atoms with Gasteiger partial charge in [0, 0.05) is 11.3 Å². The zero-order valence-electron chi connectivity index (χ0n) is 18.0. The number of ether oxygens (including phenoxy) is 1. The summed E-state index contributed by atoms with van der Waals surface area (Å²) in [6.45, 7) is 3.52. The number of nitrogens with zero attached hydrogens (tertiary/aromatic N) is 2. The summed E-state index contributed by atoms with van der Waals surface area (Å²) in [5.74, 6) is -1.94. The van der Waals surface area contributed by atoms with Gasteiger partial charge in [-0.1, -0.05) is 12.1 Å². The number of rotatable bonds is 5. The third-order valence-corrected chi connectivity index (χ3v) is 7.75. The lowest BCUT2D eigenvalue weighted by atomic mass is 9.90. The van der Waals surface area contributed by atoms with Crippen molar-refractivity contribution in [3.05, 3.63) is 57.2 Å². The molecule has 170 valence electrons. The van der Waals surface area contributed by atoms with E-state index in [4.69, 9.17) is 9.15 Å². The molecule has 3 heterocycles. The van der Waals surface area contributed by atoms with E-state index in [0.29, 0.717) is 23.4 Å². The molecule has 0 bridgehead atoms. The molecule has 0 saturated carbocycles. The molecule has 4 rings (SSSR count). The molecule has 3 aromatic rings. The Kier molecular flexibility index (Phi) is 5.58. The average Bonchev–Trinajstić information content (AvgIpc) is 3.27. The number of carbonyl (C=O) groups excluding carboxylic acids is 1. The van der Waals surface area contributed by atoms with Crippen LogP contribution in [0.2, 0.25) is 0 Å². The lowest BCUT2D eigenvalue weighted by Gasteiger charge is -2.18. The fourth-order valence-corrected chi connectivity index (χ4v) is 6.16. The summed E-state index contributed by atoms with van der Waals surface area (Å²) in [5.41, 5.74) is 1.48. The zero-order chi connectivity index (χ0) is 23.2. The molecule has 0 radical (unpaired) electrons. The second kappa shape index (κ2) is 8.09. The van der Waals surface area contributed by atoms with E-state index in [0.717, 1.165) is 0 Å². The molecule has 0 spiro atoms. The summed E-state index contributed by atoms with van der Waals surface area (Å²) in [5, 5.41) is 15.5. The number of esters is 1. The first-order valence-corrected chi connectivity index (χ1v) is 12.0. The normalized spacial score (nSPS) is 18.7. The van der Waals surface area contributed by atoms with Gasteiger partial charge in [-0.3, -0.25) is 14.3 Å². The van der Waals surface area contributed by atoms with E-state index < -0.39 is 32.9 Å². The number of carbonyl (C=O) groups is 1. The number of fused-ring (bicyclic) bond motifs is 1. The zero-order valence-corrected chi connectivity index (χ0v) is 18.8. The molecule has 1 aromatic carbocycles. The van der Waals surface area contributed by atoms with Crippen molar-refractivity contribution in [3.8, 4) is 5.75 Å². The minimum absolute atomic E-state index is 0.00756. The van der Waals surface area contributed by atoms with Gasteiger partial charge < -0.3 is 14.3 Å². The molecular formula is C22H24N2O7S. The monoisotopic (exact) mass is 460 g/mol. The lowest BCUT2D eigenvalue weighted by Crippen LogP contribution is -2.16. The maximum atomic E-state index is 12.8. The molecule has 1 aliphatic heterocycles. The molecular weight excluding hydrogens is 436 g/mol. The van der Waals surface area contributed by atoms with Crippen molar-refractivity contribution in [3.63, 3.8) is 0 Å². The second-order valence-electron chi connectivity index (χ2n) is 8.06. The quantitative estimate of drug-likeness (QED) is 0.575. The van der Waals surface area contributed by atoms with Crippen LogP contribution in [-0.4, -0.2) is 47.9 Å². The van der Waals surface area contributed by atoms with E-state index >= 15 is 0 Å². The van der Waals surface area contributed by atoms with Crippen LogP contribution in [0.3, 0.4) is 0 Å². The van der Waals surface area contributed by atoms with Crippen molar-refractivity contribution in [1.29, 1.82) is 0 Å². The number of methoxy groups -OCH3 is 1. The molecule has 1 aliphatic rings. The first-order valence-electron chi connectivity index (χ1n) is 10.2. The van der Waals surface area contributed by atoms with Crippen molar-refractivity contribution >= 4 is 26.8 Å². The van der Waals surface area contributed by atoms with Crippen molar-refractivity contribution in [2.45, 2.75) is 38.6 Å². The predicted octanol–water partition coefficient (Wildman–Crippen LogP) is 2.37. The predicted molar refractivity (Wildman–Crippen MR) is 117 cm³/mol. The Morgan fingerprint density at radius 2 is 2.06 bits per heavy atom. The highest BCUT2D eigenvalue weighted by atomic mass is 32.2. The van der Waals surface area contributed by atoms with Gasteiger partial charge in [0.05, 0.1) is 48.1 Å². The van der Waals surface area contributed by atoms with Crippen molar-refractivity contribution in [2.75, 3.05) is 18.6 Å². The third-order valence-electron chi connectivity index (χ3n) is 6.00. The van der Waals surface area contributed by atoms with E-state index in [-0.39, 0.29) is 40.7 Å². The van der Waals surface area contributed by atoms with Gasteiger partial charge in [-0.15, -0.1) is 0 Å². The Labute approximate surface area is 184 Å². The summed E-state index contributed by atoms with van der Waals surface area (Å²) < 4.78 is 36.4. The number of aromatic hydroxyl groups is 1. The summed E-state index contributed by atoms with van der Waals surface area (Å²) >= 11 is 0. The Morgan fingerprint density at radius 3 is 2.72 bits per heavy atom. The molecule has 1 fully saturated rings. The van der Waals surface area contributed by atoms with Crippen LogP contribution in [-0.2, 0) is 19.4 Å². The van der Waals surface area contributed by atoms with Gasteiger partial charge >= 0.3 is 5.97 Å². The van der Waals surface area contributed by atoms with Crippen molar-refractivity contribution < 1.29 is 27.5 Å². The highest BCUT2D eigenvalue weighted by Gasteiger charge is 2.35. The van der Waals surface area contributed by atoms with Gasteiger partial charge in [0.15, 0.2) is 15.6 Å². The van der Waals surface area contributed by atoms with Crippen LogP contribution < -0.4 is 5.43 Å². The van der Waals surface area contributed by atoms with Gasteiger partial charge in [0.2, 0.25) is 11.2 Å². The molecule has 0 unspecified atom stereocenters. The number of para-hydroxylation sites is 1. The van der Waals surface area contributed by atoms with E-state index in [2.05, 4.69) is 5.10 Å². The standard InChI is InChI=1S/C22H24N2O7S/c1-12-19(13(2)24(23-12)14-8-9-32(28,29)11-14)16(10-18(25)30-3)22-21(27)20(26)15-6-4-5-7-17(15)31-22/h4-7,14,16,27H,8-11H2,1-3H3/t14-,16+/m0/s1. The molecule has 10 heteroatoms. The highest BCUT2D eigenvalue weighted by molar-refractivity contribution is 7.91. The van der Waals surface area contributed by atoms with Gasteiger partial charge in [0.25, 0.3) is 0 Å². The Bertz CT molecular complexity index is 1370. The second-order valence-corrected chi connectivity index (χ2v) is 10.3. The number of aromatic nitrogens is 2. The topological polar surface area (TPSA) is 129 Å². The number of hydrogen-bond acceptors (Lipinski definition) is 8. The summed E-state index contributed by atoms with van der Waals surface area (Å²) in [7, 11) is -1.88. The molecule has 32 heavy (non-hydrogen) atoms. The number of sulfone groups is 1. The van der Waals surface area contributed by atoms with E-state index in [1.54, 1.807) is 42.8 Å². The number of hydrogen-bond donors (Lipinski definition) is 1. The number of aryl methyl sites for hydroxylation is 1. The maximum absolute atomic E-state index is 12.8. The van der Waals surface area contributed by atoms with Crippen LogP contribution in [0.5, 0.6) is 5.75 Å². The van der Waals surface area contributed by atoms with Gasteiger partial charge in [0.1, 0.15) is 5.58 Å². The van der Waals surface area contributed by atoms with Crippen molar-refractivity contribution in [1.82, 2.24) is 9.78 Å². The van der Waals surface area contributed by atoms with Crippen molar-refractivity contribution in [2.24, 2.45) is 0 Å². The molecule has 9 nitrogen and oxygen atoms in total. The summed E-state index contributed by atoms with van der Waals surface area (Å²) in [6.07, 6.45) is 0.253. The third kappa shape index (κ3) is 3.79. The fraction of sp³-hybridized carbons (Fsp3) is 0.409. The fourth-order valence-electron chi connectivity index (χ4n) is 4.47. The molecule has 0 amide bonds. The minimum atomic E-state index is -3.13. The largest absolute Gasteiger partial charge is 0.502 e. The number of benzene rings is 1. The Balaban J connectivity index is 1.90. The van der Waals surface area contributed by atoms with Crippen LogP contribution in [0.15, 0.2) is 33.5 Å². The molecule has 0 aliphatic carbocycles. The van der Waals surface area contributed by atoms with Crippen LogP contribution in [0.1, 0.15) is 47.5 Å². The van der Waals surface area contributed by atoms with E-state index in [1.807, 2.05) is 0 Å². The molecule has 2 atom stereocenters. The molecule has 1 saturated heterocycles. The highest BCUT2D eigenvalue weighted by Crippen LogP contribution is 2.39. The van der Waals surface area contributed by atoms with Gasteiger partial charge in [-0.25, -0.2) is 8.42 Å². The van der Waals surface area contributed by atoms with Crippen LogP contribution in [0, 0.1) is 13.8 Å². The summed E-state index contributed by atoms with van der Waals surface area (Å²) in [4.78, 5) is 25.1. The minimum Gasteiger partial charge on any atom is -0.502 e. The first-order chi connectivity index (χ1) is 15.1.